The first-order chi connectivity index (χ1) is 11.2. The topological polar surface area (TPSA) is 41.1 Å². The minimum absolute atomic E-state index is 0.246. The smallest absolute Gasteiger partial charge is 0.123 e. The molecule has 0 bridgehead atoms. The largest absolute Gasteiger partial charge is 0.493 e. The van der Waals surface area contributed by atoms with Crippen LogP contribution in [0.4, 0.5) is 4.39 Å². The molecule has 1 unspecified atom stereocenters. The highest BCUT2D eigenvalue weighted by molar-refractivity contribution is 5.22. The molecule has 0 saturated carbocycles. The number of rotatable bonds is 7. The van der Waals surface area contributed by atoms with Crippen molar-refractivity contribution in [3.63, 3.8) is 0 Å². The van der Waals surface area contributed by atoms with E-state index in [4.69, 9.17) is 4.74 Å². The second kappa shape index (κ2) is 7.59. The van der Waals surface area contributed by atoms with Gasteiger partial charge in [0.2, 0.25) is 0 Å². The zero-order valence-electron chi connectivity index (χ0n) is 13.6. The van der Waals surface area contributed by atoms with Crippen LogP contribution >= 0.6 is 0 Å². The van der Waals surface area contributed by atoms with Gasteiger partial charge in [-0.1, -0.05) is 6.92 Å². The molecule has 1 atom stereocenters. The van der Waals surface area contributed by atoms with Crippen molar-refractivity contribution in [3.05, 3.63) is 47.5 Å². The Morgan fingerprint density at radius 1 is 1.35 bits per heavy atom. The monoisotopic (exact) mass is 317 g/mol. The van der Waals surface area contributed by atoms with Crippen LogP contribution < -0.4 is 4.74 Å². The van der Waals surface area contributed by atoms with Crippen LogP contribution in [0.3, 0.4) is 0 Å². The van der Waals surface area contributed by atoms with E-state index in [9.17, 15) is 4.39 Å². The molecule has 5 heteroatoms. The van der Waals surface area contributed by atoms with Gasteiger partial charge in [-0.3, -0.25) is 5.10 Å². The molecule has 0 aliphatic carbocycles. The van der Waals surface area contributed by atoms with E-state index in [1.54, 1.807) is 12.1 Å². The van der Waals surface area contributed by atoms with Crippen molar-refractivity contribution in [2.24, 2.45) is 0 Å². The lowest BCUT2D eigenvalue weighted by molar-refractivity contribution is 0.320. The highest BCUT2D eigenvalue weighted by Crippen LogP contribution is 2.26. The fourth-order valence-electron chi connectivity index (χ4n) is 3.12. The van der Waals surface area contributed by atoms with Gasteiger partial charge in [0.05, 0.1) is 12.3 Å². The molecule has 1 saturated heterocycles. The van der Waals surface area contributed by atoms with Gasteiger partial charge in [0, 0.05) is 24.6 Å². The number of nitrogens with one attached hydrogen (secondary N) is 1. The number of nitrogens with zero attached hydrogens (tertiary/aromatic N) is 2. The maximum Gasteiger partial charge on any atom is 0.123 e. The molecule has 23 heavy (non-hydrogen) atoms. The third-order valence-electron chi connectivity index (χ3n) is 4.33. The maximum absolute atomic E-state index is 12.8. The average molecular weight is 317 g/mol. The zero-order chi connectivity index (χ0) is 16.1. The van der Waals surface area contributed by atoms with Crippen LogP contribution in [-0.2, 0) is 6.42 Å². The molecule has 1 fully saturated rings. The predicted octanol–water partition coefficient (Wildman–Crippen LogP) is 3.37. The highest BCUT2D eigenvalue weighted by atomic mass is 19.1. The first-order valence-corrected chi connectivity index (χ1v) is 8.39. The summed E-state index contributed by atoms with van der Waals surface area (Å²) in [7, 11) is 0. The van der Waals surface area contributed by atoms with Gasteiger partial charge in [-0.15, -0.1) is 0 Å². The van der Waals surface area contributed by atoms with Crippen molar-refractivity contribution in [2.45, 2.75) is 32.1 Å². The van der Waals surface area contributed by atoms with Gasteiger partial charge in [0.25, 0.3) is 0 Å². The van der Waals surface area contributed by atoms with Crippen molar-refractivity contribution in [2.75, 3.05) is 26.2 Å². The van der Waals surface area contributed by atoms with Gasteiger partial charge < -0.3 is 9.64 Å². The first-order valence-electron chi connectivity index (χ1n) is 8.39. The molecule has 0 spiro atoms. The van der Waals surface area contributed by atoms with E-state index in [2.05, 4.69) is 28.1 Å². The van der Waals surface area contributed by atoms with Crippen molar-refractivity contribution in [1.29, 1.82) is 0 Å². The maximum atomic E-state index is 12.8. The fourth-order valence-corrected chi connectivity index (χ4v) is 3.12. The number of likely N-dealkylation sites (tertiary alicyclic amines) is 1. The van der Waals surface area contributed by atoms with E-state index >= 15 is 0 Å². The second-order valence-electron chi connectivity index (χ2n) is 6.16. The first kappa shape index (κ1) is 16.0. The minimum atomic E-state index is -0.246. The third kappa shape index (κ3) is 4.32. The Morgan fingerprint density at radius 2 is 2.17 bits per heavy atom. The van der Waals surface area contributed by atoms with E-state index in [0.29, 0.717) is 18.3 Å². The quantitative estimate of drug-likeness (QED) is 0.851. The molecule has 1 N–H and O–H groups in total. The molecule has 1 aliphatic heterocycles. The van der Waals surface area contributed by atoms with Crippen molar-refractivity contribution < 1.29 is 9.13 Å². The Kier molecular flexibility index (Phi) is 5.28. The van der Waals surface area contributed by atoms with E-state index in [1.807, 2.05) is 0 Å². The highest BCUT2D eigenvalue weighted by Gasteiger charge is 2.25. The van der Waals surface area contributed by atoms with Crippen molar-refractivity contribution in [1.82, 2.24) is 15.1 Å². The SMILES string of the molecule is CCCN1CCC(c2cc(CCOc3ccc(F)cc3)[nH]n2)C1. The Balaban J connectivity index is 1.47. The summed E-state index contributed by atoms with van der Waals surface area (Å²) in [4.78, 5) is 2.51. The normalized spacial score (nSPS) is 18.4. The second-order valence-corrected chi connectivity index (χ2v) is 6.16. The Hall–Kier alpha value is -1.88. The van der Waals surface area contributed by atoms with Crippen LogP contribution in [0.1, 0.15) is 37.1 Å². The van der Waals surface area contributed by atoms with Gasteiger partial charge in [-0.05, 0) is 56.3 Å². The third-order valence-corrected chi connectivity index (χ3v) is 4.33. The predicted molar refractivity (Wildman–Crippen MR) is 88.3 cm³/mol. The molecule has 4 nitrogen and oxygen atoms in total. The van der Waals surface area contributed by atoms with Crippen molar-refractivity contribution in [3.8, 4) is 5.75 Å². The van der Waals surface area contributed by atoms with E-state index in [1.165, 1.54) is 43.8 Å². The van der Waals surface area contributed by atoms with Crippen LogP contribution in [0, 0.1) is 5.82 Å². The average Bonchev–Trinajstić information content (AvgIpc) is 3.19. The van der Waals surface area contributed by atoms with E-state index in [-0.39, 0.29) is 5.82 Å². The molecular formula is C18H24FN3O. The zero-order valence-corrected chi connectivity index (χ0v) is 13.6. The summed E-state index contributed by atoms with van der Waals surface area (Å²) in [5.74, 6) is 0.992. The molecule has 1 aromatic heterocycles. The number of halogens is 1. The number of benzene rings is 1. The number of hydrogen-bond acceptors (Lipinski definition) is 3. The summed E-state index contributed by atoms with van der Waals surface area (Å²) in [5.41, 5.74) is 2.26. The van der Waals surface area contributed by atoms with Crippen molar-refractivity contribution >= 4 is 0 Å². The lowest BCUT2D eigenvalue weighted by Gasteiger charge is -2.13. The van der Waals surface area contributed by atoms with Gasteiger partial charge in [0.15, 0.2) is 0 Å². The van der Waals surface area contributed by atoms with Crippen LogP contribution in [-0.4, -0.2) is 41.3 Å². The number of aromatic nitrogens is 2. The minimum Gasteiger partial charge on any atom is -0.493 e. The number of hydrogen-bond donors (Lipinski definition) is 1. The number of aromatic amines is 1. The standard InChI is InChI=1S/C18H24FN3O/c1-2-9-22-10-7-14(13-22)18-12-16(20-21-18)8-11-23-17-5-3-15(19)4-6-17/h3-6,12,14H,2,7-11,13H2,1H3,(H,20,21). The van der Waals surface area contributed by atoms with E-state index < -0.39 is 0 Å². The molecule has 2 aromatic rings. The molecular weight excluding hydrogens is 293 g/mol. The molecule has 124 valence electrons. The Morgan fingerprint density at radius 3 is 2.96 bits per heavy atom. The summed E-state index contributed by atoms with van der Waals surface area (Å²) >= 11 is 0. The molecule has 3 rings (SSSR count). The molecule has 2 heterocycles. The number of H-pyrrole nitrogens is 1. The summed E-state index contributed by atoms with van der Waals surface area (Å²) in [6.45, 7) is 6.25. The van der Waals surface area contributed by atoms with Crippen LogP contribution in [0.15, 0.2) is 30.3 Å². The Labute approximate surface area is 136 Å². The van der Waals surface area contributed by atoms with Crippen LogP contribution in [0.5, 0.6) is 5.75 Å². The summed E-state index contributed by atoms with van der Waals surface area (Å²) in [6.07, 6.45) is 3.17. The summed E-state index contributed by atoms with van der Waals surface area (Å²) in [6, 6.07) is 8.27. The van der Waals surface area contributed by atoms with Gasteiger partial charge in [0.1, 0.15) is 11.6 Å². The number of ether oxygens (including phenoxy) is 1. The molecule has 1 aliphatic rings. The lowest BCUT2D eigenvalue weighted by atomic mass is 10.0. The van der Waals surface area contributed by atoms with Crippen LogP contribution in [0.25, 0.3) is 0 Å². The Bertz CT molecular complexity index is 611. The van der Waals surface area contributed by atoms with Crippen LogP contribution in [0.2, 0.25) is 0 Å². The fraction of sp³-hybridized carbons (Fsp3) is 0.500. The molecule has 0 amide bonds. The summed E-state index contributed by atoms with van der Waals surface area (Å²) in [5, 5.41) is 7.59. The summed E-state index contributed by atoms with van der Waals surface area (Å²) < 4.78 is 18.5. The molecule has 1 aromatic carbocycles. The van der Waals surface area contributed by atoms with Gasteiger partial charge >= 0.3 is 0 Å². The van der Waals surface area contributed by atoms with Gasteiger partial charge in [-0.2, -0.15) is 5.10 Å². The lowest BCUT2D eigenvalue weighted by Crippen LogP contribution is -2.20. The molecule has 0 radical (unpaired) electrons. The van der Waals surface area contributed by atoms with E-state index in [0.717, 1.165) is 18.7 Å². The van der Waals surface area contributed by atoms with Gasteiger partial charge in [-0.25, -0.2) is 4.39 Å².